The largest absolute Gasteiger partial charge is 0.393 e. The molecule has 5 N–H and O–H groups in total. The molecule has 1 aromatic heterocycles. The summed E-state index contributed by atoms with van der Waals surface area (Å²) >= 11 is 0. The van der Waals surface area contributed by atoms with Crippen LogP contribution in [0.1, 0.15) is 52.1 Å². The number of aromatic nitrogens is 1. The fraction of sp³-hybridized carbons (Fsp3) is 0.464. The van der Waals surface area contributed by atoms with Crippen molar-refractivity contribution in [3.63, 3.8) is 0 Å². The number of benzene rings is 1. The van der Waals surface area contributed by atoms with E-state index >= 15 is 0 Å². The molecule has 1 aromatic carbocycles. The number of likely N-dealkylation sites (N-methyl/N-ethyl adjacent to an activating group) is 1. The van der Waals surface area contributed by atoms with E-state index in [1.54, 1.807) is 24.8 Å². The zero-order chi connectivity index (χ0) is 28.3. The molecule has 210 valence electrons. The number of nitrogens with zero attached hydrogens (tertiary/aromatic N) is 2. The summed E-state index contributed by atoms with van der Waals surface area (Å²) in [4.78, 5) is 44.8. The minimum atomic E-state index is -0.959. The Labute approximate surface area is 226 Å². The van der Waals surface area contributed by atoms with Gasteiger partial charge in [0.2, 0.25) is 5.91 Å². The molecule has 10 nitrogen and oxygen atoms in total. The van der Waals surface area contributed by atoms with Crippen molar-refractivity contribution in [1.82, 2.24) is 20.1 Å². The normalized spacial score (nSPS) is 18.2. The first-order valence-corrected chi connectivity index (χ1v) is 13.2. The standard InChI is InChI=1S/C28H36FN5O5/c1-16-24(15-22-21-12-18(29)4-5-23(21)32-27(22)38)31-17(2)26(16)28(39)30-7-6-19(35)13-20(36)14-25(37)34-10-8-33(3)9-11-34/h4-5,12,15,19-20,31,35-36H,6-11,13-14H2,1-3H3,(H,30,39)(H,32,38). The van der Waals surface area contributed by atoms with Gasteiger partial charge in [0.1, 0.15) is 5.82 Å². The Morgan fingerprint density at radius 1 is 1.15 bits per heavy atom. The molecule has 2 unspecified atom stereocenters. The van der Waals surface area contributed by atoms with Crippen molar-refractivity contribution in [2.75, 3.05) is 45.1 Å². The van der Waals surface area contributed by atoms with Crippen LogP contribution >= 0.6 is 0 Å². The van der Waals surface area contributed by atoms with Gasteiger partial charge < -0.3 is 35.6 Å². The third-order valence-corrected chi connectivity index (χ3v) is 7.33. The Morgan fingerprint density at radius 2 is 1.87 bits per heavy atom. The first-order chi connectivity index (χ1) is 18.5. The molecule has 0 spiro atoms. The van der Waals surface area contributed by atoms with E-state index in [2.05, 4.69) is 20.5 Å². The lowest BCUT2D eigenvalue weighted by Crippen LogP contribution is -2.47. The number of amides is 3. The van der Waals surface area contributed by atoms with Crippen LogP contribution in [0.3, 0.4) is 0 Å². The van der Waals surface area contributed by atoms with Crippen LogP contribution in [-0.4, -0.2) is 94.7 Å². The van der Waals surface area contributed by atoms with Gasteiger partial charge in [-0.3, -0.25) is 14.4 Å². The Bertz CT molecular complexity index is 1280. The van der Waals surface area contributed by atoms with Crippen molar-refractivity contribution in [2.45, 2.75) is 45.3 Å². The van der Waals surface area contributed by atoms with Crippen molar-refractivity contribution in [2.24, 2.45) is 0 Å². The Balaban J connectivity index is 1.30. The maximum atomic E-state index is 13.8. The lowest BCUT2D eigenvalue weighted by molar-refractivity contribution is -0.135. The molecule has 0 radical (unpaired) electrons. The lowest BCUT2D eigenvalue weighted by Gasteiger charge is -2.33. The number of hydrogen-bond donors (Lipinski definition) is 5. The zero-order valence-corrected chi connectivity index (χ0v) is 22.5. The number of aromatic amines is 1. The highest BCUT2D eigenvalue weighted by Gasteiger charge is 2.26. The zero-order valence-electron chi connectivity index (χ0n) is 22.5. The first kappa shape index (κ1) is 28.5. The van der Waals surface area contributed by atoms with Crippen LogP contribution in [0.5, 0.6) is 0 Å². The summed E-state index contributed by atoms with van der Waals surface area (Å²) in [5.74, 6) is -1.27. The molecule has 3 heterocycles. The summed E-state index contributed by atoms with van der Waals surface area (Å²) in [5, 5.41) is 26.1. The van der Waals surface area contributed by atoms with Gasteiger partial charge in [-0.1, -0.05) is 0 Å². The van der Waals surface area contributed by atoms with Gasteiger partial charge in [0.25, 0.3) is 11.8 Å². The maximum absolute atomic E-state index is 13.8. The van der Waals surface area contributed by atoms with Gasteiger partial charge in [0, 0.05) is 55.4 Å². The van der Waals surface area contributed by atoms with E-state index in [1.165, 1.54) is 18.2 Å². The van der Waals surface area contributed by atoms with Crippen LogP contribution in [0.2, 0.25) is 0 Å². The van der Waals surface area contributed by atoms with Gasteiger partial charge in [-0.25, -0.2) is 4.39 Å². The van der Waals surface area contributed by atoms with Crippen molar-refractivity contribution in [1.29, 1.82) is 0 Å². The number of halogens is 1. The molecule has 2 aliphatic heterocycles. The van der Waals surface area contributed by atoms with E-state index in [1.807, 2.05) is 7.05 Å². The number of fused-ring (bicyclic) bond motifs is 1. The van der Waals surface area contributed by atoms with Crippen molar-refractivity contribution in [3.8, 4) is 0 Å². The Morgan fingerprint density at radius 3 is 2.59 bits per heavy atom. The molecule has 0 saturated carbocycles. The molecule has 4 rings (SSSR count). The third kappa shape index (κ3) is 6.73. The first-order valence-electron chi connectivity index (χ1n) is 13.2. The van der Waals surface area contributed by atoms with Gasteiger partial charge in [0.05, 0.1) is 29.8 Å². The van der Waals surface area contributed by atoms with Crippen LogP contribution in [-0.2, 0) is 9.59 Å². The summed E-state index contributed by atoms with van der Waals surface area (Å²) in [7, 11) is 2.00. The highest BCUT2D eigenvalue weighted by atomic mass is 19.1. The molecule has 0 bridgehead atoms. The highest BCUT2D eigenvalue weighted by molar-refractivity contribution is 6.34. The summed E-state index contributed by atoms with van der Waals surface area (Å²) in [6.07, 6.45) is -0.0154. The van der Waals surface area contributed by atoms with Gasteiger partial charge in [-0.05, 0) is 63.6 Å². The van der Waals surface area contributed by atoms with Crippen LogP contribution in [0.4, 0.5) is 10.1 Å². The van der Waals surface area contributed by atoms with Gasteiger partial charge in [-0.2, -0.15) is 0 Å². The molecule has 2 atom stereocenters. The van der Waals surface area contributed by atoms with E-state index in [4.69, 9.17) is 0 Å². The molecule has 2 aliphatic rings. The quantitative estimate of drug-likeness (QED) is 0.306. The number of aliphatic hydroxyl groups is 2. The summed E-state index contributed by atoms with van der Waals surface area (Å²) < 4.78 is 13.8. The number of carbonyl (C=O) groups is 3. The van der Waals surface area contributed by atoms with Crippen molar-refractivity contribution < 1.29 is 29.0 Å². The van der Waals surface area contributed by atoms with Crippen molar-refractivity contribution in [3.05, 3.63) is 52.1 Å². The third-order valence-electron chi connectivity index (χ3n) is 7.33. The molecule has 11 heteroatoms. The summed E-state index contributed by atoms with van der Waals surface area (Å²) in [6, 6.07) is 4.08. The van der Waals surface area contributed by atoms with Crippen LogP contribution in [0.25, 0.3) is 11.6 Å². The van der Waals surface area contributed by atoms with Gasteiger partial charge in [-0.15, -0.1) is 0 Å². The molecule has 1 fully saturated rings. The topological polar surface area (TPSA) is 138 Å². The van der Waals surface area contributed by atoms with E-state index in [0.717, 1.165) is 13.1 Å². The lowest BCUT2D eigenvalue weighted by atomic mass is 10.0. The number of nitrogens with one attached hydrogen (secondary N) is 3. The average molecular weight is 542 g/mol. The minimum Gasteiger partial charge on any atom is -0.393 e. The molecule has 0 aliphatic carbocycles. The predicted octanol–water partition coefficient (Wildman–Crippen LogP) is 1.66. The highest BCUT2D eigenvalue weighted by Crippen LogP contribution is 2.34. The number of aliphatic hydroxyl groups excluding tert-OH is 2. The van der Waals surface area contributed by atoms with Crippen molar-refractivity contribution >= 4 is 35.1 Å². The number of piperazine rings is 1. The van der Waals surface area contributed by atoms with E-state index in [9.17, 15) is 29.0 Å². The summed E-state index contributed by atoms with van der Waals surface area (Å²) in [6.45, 7) is 6.54. The maximum Gasteiger partial charge on any atom is 0.256 e. The minimum absolute atomic E-state index is 0.0394. The van der Waals surface area contributed by atoms with E-state index in [0.29, 0.717) is 52.4 Å². The fourth-order valence-electron chi connectivity index (χ4n) is 5.05. The SMILES string of the molecule is Cc1[nH]c(C=C2C(=O)Nc3ccc(F)cc32)c(C)c1C(=O)NCCC(O)CC(O)CC(=O)N1CCN(C)CC1. The predicted molar refractivity (Wildman–Crippen MR) is 145 cm³/mol. The van der Waals surface area contributed by atoms with Gasteiger partial charge in [0.15, 0.2) is 0 Å². The Hall–Kier alpha value is -3.54. The molecule has 3 amide bonds. The fourth-order valence-corrected chi connectivity index (χ4v) is 5.05. The average Bonchev–Trinajstić information content (AvgIpc) is 3.33. The van der Waals surface area contributed by atoms with Gasteiger partial charge >= 0.3 is 0 Å². The second-order valence-corrected chi connectivity index (χ2v) is 10.3. The second kappa shape index (κ2) is 12.1. The smallest absolute Gasteiger partial charge is 0.256 e. The number of carbonyl (C=O) groups excluding carboxylic acids is 3. The number of aryl methyl sites for hydroxylation is 1. The number of H-pyrrole nitrogens is 1. The second-order valence-electron chi connectivity index (χ2n) is 10.3. The molecular formula is C28H36FN5O5. The van der Waals surface area contributed by atoms with Crippen LogP contribution in [0, 0.1) is 19.7 Å². The van der Waals surface area contributed by atoms with E-state index in [-0.39, 0.29) is 43.5 Å². The molecule has 2 aromatic rings. The van der Waals surface area contributed by atoms with Crippen LogP contribution < -0.4 is 10.6 Å². The van der Waals surface area contributed by atoms with E-state index < -0.39 is 18.0 Å². The Kier molecular flexibility index (Phi) is 8.83. The number of anilines is 1. The molecule has 1 saturated heterocycles. The monoisotopic (exact) mass is 541 g/mol. The molecule has 39 heavy (non-hydrogen) atoms. The number of hydrogen-bond acceptors (Lipinski definition) is 6. The van der Waals surface area contributed by atoms with Crippen LogP contribution in [0.15, 0.2) is 18.2 Å². The summed E-state index contributed by atoms with van der Waals surface area (Å²) in [5.41, 5.74) is 3.51. The molecular weight excluding hydrogens is 505 g/mol. The number of rotatable bonds is 9.